The molecule has 0 bridgehead atoms. The molecular weight excluding hydrogens is 230 g/mol. The Morgan fingerprint density at radius 1 is 1.26 bits per heavy atom. The van der Waals surface area contributed by atoms with Crippen LogP contribution in [0.25, 0.3) is 0 Å². The summed E-state index contributed by atoms with van der Waals surface area (Å²) in [5, 5.41) is 3.82. The number of hydrogen-bond donors (Lipinski definition) is 1. The van der Waals surface area contributed by atoms with E-state index in [2.05, 4.69) is 50.4 Å². The van der Waals surface area contributed by atoms with Crippen LogP contribution in [0.4, 0.5) is 0 Å². The molecule has 2 aliphatic carbocycles. The van der Waals surface area contributed by atoms with Crippen molar-refractivity contribution < 1.29 is 0 Å². The second kappa shape index (κ2) is 4.94. The predicted molar refractivity (Wildman–Crippen MR) is 81.4 cm³/mol. The Labute approximate surface area is 117 Å². The molecule has 0 spiro atoms. The fourth-order valence-electron chi connectivity index (χ4n) is 3.45. The zero-order valence-electron chi connectivity index (χ0n) is 12.6. The van der Waals surface area contributed by atoms with Gasteiger partial charge >= 0.3 is 0 Å². The van der Waals surface area contributed by atoms with Crippen LogP contribution in [0.5, 0.6) is 0 Å². The van der Waals surface area contributed by atoms with E-state index in [0.29, 0.717) is 5.41 Å². The summed E-state index contributed by atoms with van der Waals surface area (Å²) in [5.74, 6) is 1.64. The highest BCUT2D eigenvalue weighted by atomic mass is 15.0. The van der Waals surface area contributed by atoms with Crippen molar-refractivity contribution >= 4 is 0 Å². The molecule has 0 unspecified atom stereocenters. The maximum absolute atomic E-state index is 3.82. The molecule has 1 nitrogen and oxygen atoms in total. The monoisotopic (exact) mass is 257 g/mol. The molecule has 1 aromatic carbocycles. The molecule has 0 amide bonds. The average molecular weight is 257 g/mol. The average Bonchev–Trinajstić information content (AvgIpc) is 3.08. The molecule has 19 heavy (non-hydrogen) atoms. The van der Waals surface area contributed by atoms with Gasteiger partial charge in [-0.3, -0.25) is 0 Å². The number of rotatable bonds is 5. The van der Waals surface area contributed by atoms with E-state index in [1.807, 2.05) is 0 Å². The van der Waals surface area contributed by atoms with Crippen molar-refractivity contribution in [3.63, 3.8) is 0 Å². The van der Waals surface area contributed by atoms with Crippen molar-refractivity contribution in [3.8, 4) is 0 Å². The molecule has 0 radical (unpaired) electrons. The number of hydrogen-bond acceptors (Lipinski definition) is 1. The van der Waals surface area contributed by atoms with E-state index < -0.39 is 0 Å². The summed E-state index contributed by atoms with van der Waals surface area (Å²) < 4.78 is 0. The highest BCUT2D eigenvalue weighted by molar-refractivity contribution is 5.27. The Morgan fingerprint density at radius 3 is 2.58 bits per heavy atom. The van der Waals surface area contributed by atoms with Gasteiger partial charge in [0.25, 0.3) is 0 Å². The SMILES string of the molecule is Cc1cccc(C2CC(NCC3(C(C)C)CC3)C2)c1. The van der Waals surface area contributed by atoms with Gasteiger partial charge in [-0.1, -0.05) is 43.7 Å². The summed E-state index contributed by atoms with van der Waals surface area (Å²) >= 11 is 0. The highest BCUT2D eigenvalue weighted by Gasteiger charge is 2.45. The predicted octanol–water partition coefficient (Wildman–Crippen LogP) is 4.27. The second-order valence-electron chi connectivity index (χ2n) is 7.18. The van der Waals surface area contributed by atoms with Gasteiger partial charge in [-0.15, -0.1) is 0 Å². The maximum Gasteiger partial charge on any atom is 0.00789 e. The van der Waals surface area contributed by atoms with Crippen LogP contribution in [0.15, 0.2) is 24.3 Å². The van der Waals surface area contributed by atoms with Crippen LogP contribution < -0.4 is 5.32 Å². The Hall–Kier alpha value is -0.820. The Morgan fingerprint density at radius 2 is 2.00 bits per heavy atom. The number of nitrogens with one attached hydrogen (secondary N) is 1. The first-order valence-electron chi connectivity index (χ1n) is 7.89. The van der Waals surface area contributed by atoms with E-state index >= 15 is 0 Å². The zero-order chi connectivity index (χ0) is 13.5. The Kier molecular flexibility index (Phi) is 3.42. The first-order chi connectivity index (χ1) is 9.09. The Bertz CT molecular complexity index is 439. The summed E-state index contributed by atoms with van der Waals surface area (Å²) in [6.45, 7) is 8.20. The van der Waals surface area contributed by atoms with Crippen molar-refractivity contribution in [2.45, 2.75) is 58.4 Å². The maximum atomic E-state index is 3.82. The first kappa shape index (κ1) is 13.2. The van der Waals surface area contributed by atoms with Crippen LogP contribution in [0.2, 0.25) is 0 Å². The molecular formula is C18H27N. The van der Waals surface area contributed by atoms with Gasteiger partial charge in [-0.05, 0) is 55.4 Å². The number of aryl methyl sites for hydroxylation is 1. The molecule has 2 saturated carbocycles. The van der Waals surface area contributed by atoms with Crippen molar-refractivity contribution in [1.29, 1.82) is 0 Å². The quantitative estimate of drug-likeness (QED) is 0.830. The molecule has 0 aliphatic heterocycles. The second-order valence-corrected chi connectivity index (χ2v) is 7.18. The van der Waals surface area contributed by atoms with Crippen molar-refractivity contribution in [2.24, 2.45) is 11.3 Å². The molecule has 2 fully saturated rings. The lowest BCUT2D eigenvalue weighted by molar-refractivity contribution is 0.247. The molecule has 2 aliphatic rings. The molecule has 0 saturated heterocycles. The van der Waals surface area contributed by atoms with Gasteiger partial charge in [0.15, 0.2) is 0 Å². The lowest BCUT2D eigenvalue weighted by Gasteiger charge is -2.38. The topological polar surface area (TPSA) is 12.0 Å². The largest absolute Gasteiger partial charge is 0.313 e. The van der Waals surface area contributed by atoms with Crippen molar-refractivity contribution in [2.75, 3.05) is 6.54 Å². The minimum atomic E-state index is 0.647. The van der Waals surface area contributed by atoms with Gasteiger partial charge < -0.3 is 5.32 Å². The van der Waals surface area contributed by atoms with Crippen LogP contribution in [0.1, 0.15) is 56.6 Å². The summed E-state index contributed by atoms with van der Waals surface area (Å²) in [6.07, 6.45) is 5.53. The van der Waals surface area contributed by atoms with Crippen LogP contribution in [0.3, 0.4) is 0 Å². The molecule has 3 rings (SSSR count). The van der Waals surface area contributed by atoms with Gasteiger partial charge in [0.1, 0.15) is 0 Å². The van der Waals surface area contributed by atoms with Gasteiger partial charge in [-0.25, -0.2) is 0 Å². The normalized spacial score (nSPS) is 28.2. The zero-order valence-corrected chi connectivity index (χ0v) is 12.6. The lowest BCUT2D eigenvalue weighted by Crippen LogP contribution is -2.43. The fraction of sp³-hybridized carbons (Fsp3) is 0.667. The van der Waals surface area contributed by atoms with Crippen LogP contribution in [-0.4, -0.2) is 12.6 Å². The Balaban J connectivity index is 1.46. The minimum absolute atomic E-state index is 0.647. The molecule has 1 heteroatoms. The van der Waals surface area contributed by atoms with Crippen molar-refractivity contribution in [1.82, 2.24) is 5.32 Å². The third-order valence-corrected chi connectivity index (χ3v) is 5.51. The third kappa shape index (κ3) is 2.72. The minimum Gasteiger partial charge on any atom is -0.313 e. The van der Waals surface area contributed by atoms with E-state index in [4.69, 9.17) is 0 Å². The molecule has 104 valence electrons. The third-order valence-electron chi connectivity index (χ3n) is 5.51. The van der Waals surface area contributed by atoms with E-state index in [1.54, 1.807) is 5.56 Å². The van der Waals surface area contributed by atoms with Gasteiger partial charge in [-0.2, -0.15) is 0 Å². The van der Waals surface area contributed by atoms with Gasteiger partial charge in [0.2, 0.25) is 0 Å². The summed E-state index contributed by atoms with van der Waals surface area (Å²) in [6, 6.07) is 9.81. The standard InChI is InChI=1S/C18H27N/c1-13(2)18(7-8-18)12-19-17-10-16(11-17)15-6-4-5-14(3)9-15/h4-6,9,13,16-17,19H,7-8,10-12H2,1-3H3. The van der Waals surface area contributed by atoms with Gasteiger partial charge in [0, 0.05) is 12.6 Å². The first-order valence-corrected chi connectivity index (χ1v) is 7.89. The summed E-state index contributed by atoms with van der Waals surface area (Å²) in [4.78, 5) is 0. The smallest absolute Gasteiger partial charge is 0.00789 e. The van der Waals surface area contributed by atoms with E-state index in [0.717, 1.165) is 17.9 Å². The number of benzene rings is 1. The highest BCUT2D eigenvalue weighted by Crippen LogP contribution is 2.51. The molecule has 0 aromatic heterocycles. The molecule has 1 N–H and O–H groups in total. The van der Waals surface area contributed by atoms with Crippen LogP contribution >= 0.6 is 0 Å². The van der Waals surface area contributed by atoms with Gasteiger partial charge in [0.05, 0.1) is 0 Å². The van der Waals surface area contributed by atoms with E-state index in [9.17, 15) is 0 Å². The molecule has 1 aromatic rings. The molecule has 0 atom stereocenters. The summed E-state index contributed by atoms with van der Waals surface area (Å²) in [5.41, 5.74) is 3.59. The van der Waals surface area contributed by atoms with Crippen molar-refractivity contribution in [3.05, 3.63) is 35.4 Å². The lowest BCUT2D eigenvalue weighted by atomic mass is 9.75. The van der Waals surface area contributed by atoms with E-state index in [-0.39, 0.29) is 0 Å². The van der Waals surface area contributed by atoms with Crippen LogP contribution in [-0.2, 0) is 0 Å². The van der Waals surface area contributed by atoms with E-state index in [1.165, 1.54) is 37.8 Å². The fourth-order valence-corrected chi connectivity index (χ4v) is 3.45. The van der Waals surface area contributed by atoms with Crippen LogP contribution in [0, 0.1) is 18.3 Å². The molecule has 0 heterocycles. The summed E-state index contributed by atoms with van der Waals surface area (Å²) in [7, 11) is 0.